The minimum Gasteiger partial charge on any atom is -0.469 e. The van der Waals surface area contributed by atoms with E-state index in [1.54, 1.807) is 12.4 Å². The lowest BCUT2D eigenvalue weighted by molar-refractivity contribution is -0.145. The maximum atomic E-state index is 12.0. The number of anilines is 1. The molecule has 3 heterocycles. The van der Waals surface area contributed by atoms with Gasteiger partial charge in [-0.05, 0) is 25.3 Å². The van der Waals surface area contributed by atoms with E-state index in [9.17, 15) is 4.79 Å². The summed E-state index contributed by atoms with van der Waals surface area (Å²) in [5, 5.41) is 3.37. The number of nitrogens with zero attached hydrogens (tertiary/aromatic N) is 6. The average molecular weight is 545 g/mol. The minimum atomic E-state index is -0.124. The third kappa shape index (κ3) is 7.16. The number of hydrogen-bond donors (Lipinski definition) is 1. The summed E-state index contributed by atoms with van der Waals surface area (Å²) in [5.74, 6) is 1.79. The van der Waals surface area contributed by atoms with Crippen LogP contribution in [0.2, 0.25) is 0 Å². The van der Waals surface area contributed by atoms with Gasteiger partial charge in [-0.3, -0.25) is 14.7 Å². The molecule has 0 saturated carbocycles. The second-order valence-corrected chi connectivity index (χ2v) is 7.98. The van der Waals surface area contributed by atoms with Crippen molar-refractivity contribution in [3.8, 4) is 0 Å². The van der Waals surface area contributed by atoms with Gasteiger partial charge in [0.05, 0.1) is 13.0 Å². The zero-order valence-electron chi connectivity index (χ0n) is 18.9. The van der Waals surface area contributed by atoms with Gasteiger partial charge >= 0.3 is 5.97 Å². The van der Waals surface area contributed by atoms with Crippen LogP contribution in [0.4, 0.5) is 5.95 Å². The number of halogens is 1. The number of carbonyl (C=O) groups is 1. The molecule has 0 amide bonds. The first kappa shape index (κ1) is 25.6. The number of hydrogen-bond acceptors (Lipinski definition) is 7. The van der Waals surface area contributed by atoms with Crippen LogP contribution in [0, 0.1) is 11.8 Å². The molecule has 3 rings (SSSR count). The number of guanidine groups is 1. The summed E-state index contributed by atoms with van der Waals surface area (Å²) in [7, 11) is 1.46. The zero-order chi connectivity index (χ0) is 21.3. The highest BCUT2D eigenvalue weighted by molar-refractivity contribution is 14.0. The highest BCUT2D eigenvalue weighted by Crippen LogP contribution is 2.24. The third-order valence-electron chi connectivity index (χ3n) is 5.85. The number of esters is 1. The van der Waals surface area contributed by atoms with Crippen molar-refractivity contribution in [3.63, 3.8) is 0 Å². The smallest absolute Gasteiger partial charge is 0.310 e. The van der Waals surface area contributed by atoms with Gasteiger partial charge in [0.1, 0.15) is 0 Å². The van der Waals surface area contributed by atoms with E-state index in [2.05, 4.69) is 43.8 Å². The van der Waals surface area contributed by atoms with E-state index in [1.165, 1.54) is 7.11 Å². The molecular formula is C21H36IN7O2. The Morgan fingerprint density at radius 2 is 1.94 bits per heavy atom. The lowest BCUT2D eigenvalue weighted by Crippen LogP contribution is -2.47. The molecule has 2 aliphatic heterocycles. The summed E-state index contributed by atoms with van der Waals surface area (Å²) in [6.07, 6.45) is 4.60. The monoisotopic (exact) mass is 545 g/mol. The van der Waals surface area contributed by atoms with E-state index in [0.717, 1.165) is 70.7 Å². The van der Waals surface area contributed by atoms with Crippen LogP contribution >= 0.6 is 24.0 Å². The molecule has 0 radical (unpaired) electrons. The average Bonchev–Trinajstić information content (AvgIpc) is 3.18. The predicted molar refractivity (Wildman–Crippen MR) is 133 cm³/mol. The minimum absolute atomic E-state index is 0. The van der Waals surface area contributed by atoms with Crippen LogP contribution < -0.4 is 10.2 Å². The summed E-state index contributed by atoms with van der Waals surface area (Å²) >= 11 is 0. The number of nitrogens with one attached hydrogen (secondary N) is 1. The van der Waals surface area contributed by atoms with E-state index in [0.29, 0.717) is 6.54 Å². The van der Waals surface area contributed by atoms with Crippen LogP contribution in [0.5, 0.6) is 0 Å². The lowest BCUT2D eigenvalue weighted by atomic mass is 9.99. The van der Waals surface area contributed by atoms with Gasteiger partial charge in [-0.2, -0.15) is 0 Å². The lowest BCUT2D eigenvalue weighted by Gasteiger charge is -2.34. The molecule has 174 valence electrons. The topological polar surface area (TPSA) is 86.2 Å². The molecule has 0 bridgehead atoms. The molecule has 2 unspecified atom stereocenters. The maximum Gasteiger partial charge on any atom is 0.310 e. The number of likely N-dealkylation sites (tertiary alicyclic amines) is 1. The molecule has 0 spiro atoms. The van der Waals surface area contributed by atoms with E-state index in [-0.39, 0.29) is 41.8 Å². The van der Waals surface area contributed by atoms with Crippen molar-refractivity contribution >= 4 is 41.9 Å². The molecule has 1 aromatic heterocycles. The Morgan fingerprint density at radius 1 is 1.23 bits per heavy atom. The normalized spacial score (nSPS) is 22.2. The van der Waals surface area contributed by atoms with Gasteiger partial charge in [0.15, 0.2) is 5.96 Å². The summed E-state index contributed by atoms with van der Waals surface area (Å²) in [6, 6.07) is 1.85. The Bertz CT molecular complexity index is 698. The maximum absolute atomic E-state index is 12.0. The summed E-state index contributed by atoms with van der Waals surface area (Å²) < 4.78 is 4.95. The van der Waals surface area contributed by atoms with Crippen LogP contribution in [-0.2, 0) is 9.53 Å². The second-order valence-electron chi connectivity index (χ2n) is 7.98. The number of piperazine rings is 1. The Kier molecular flexibility index (Phi) is 10.7. The SMILES string of the molecule is CCNC(=NCCCN1CCN(c2ncccn2)CC1)N1CC(C)C(C(=O)OC)C1.I. The molecule has 9 nitrogen and oxygen atoms in total. The van der Waals surface area contributed by atoms with Gasteiger partial charge < -0.3 is 19.9 Å². The number of aromatic nitrogens is 2. The summed E-state index contributed by atoms with van der Waals surface area (Å²) in [4.78, 5) is 32.4. The van der Waals surface area contributed by atoms with Crippen molar-refractivity contribution in [2.75, 3.05) is 70.9 Å². The van der Waals surface area contributed by atoms with Crippen molar-refractivity contribution < 1.29 is 9.53 Å². The fraction of sp³-hybridized carbons (Fsp3) is 0.714. The second kappa shape index (κ2) is 13.0. The van der Waals surface area contributed by atoms with E-state index >= 15 is 0 Å². The first-order valence-corrected chi connectivity index (χ1v) is 11.0. The molecule has 10 heteroatoms. The highest BCUT2D eigenvalue weighted by Gasteiger charge is 2.36. The summed E-state index contributed by atoms with van der Waals surface area (Å²) in [6.45, 7) is 12.3. The zero-order valence-corrected chi connectivity index (χ0v) is 21.2. The van der Waals surface area contributed by atoms with E-state index in [1.807, 2.05) is 6.07 Å². The standard InChI is InChI=1S/C21H35N7O2.HI/c1-4-22-20(28-15-17(2)18(16-28)19(29)30-3)25-9-6-10-26-11-13-27(14-12-26)21-23-7-5-8-24-21;/h5,7-8,17-18H,4,6,9-16H2,1-3H3,(H,22,25);1H. The van der Waals surface area contributed by atoms with Gasteiger partial charge in [-0.25, -0.2) is 9.97 Å². The van der Waals surface area contributed by atoms with Crippen LogP contribution in [0.3, 0.4) is 0 Å². The Morgan fingerprint density at radius 3 is 2.58 bits per heavy atom. The molecular weight excluding hydrogens is 509 g/mol. The van der Waals surface area contributed by atoms with Gasteiger partial charge in [0.2, 0.25) is 5.95 Å². The molecule has 0 aromatic carbocycles. The molecule has 2 saturated heterocycles. The van der Waals surface area contributed by atoms with Gasteiger partial charge in [-0.1, -0.05) is 6.92 Å². The number of ether oxygens (including phenoxy) is 1. The van der Waals surface area contributed by atoms with Crippen LogP contribution in [0.1, 0.15) is 20.3 Å². The Labute approximate surface area is 202 Å². The largest absolute Gasteiger partial charge is 0.469 e. The molecule has 0 aliphatic carbocycles. The Balaban J connectivity index is 0.00000341. The van der Waals surface area contributed by atoms with Crippen LogP contribution in [0.25, 0.3) is 0 Å². The number of aliphatic imine (C=N–C) groups is 1. The van der Waals surface area contributed by atoms with E-state index < -0.39 is 0 Å². The number of rotatable bonds is 7. The van der Waals surface area contributed by atoms with Crippen molar-refractivity contribution in [1.29, 1.82) is 0 Å². The first-order chi connectivity index (χ1) is 14.6. The Hall–Kier alpha value is -1.69. The van der Waals surface area contributed by atoms with Gasteiger partial charge in [0.25, 0.3) is 0 Å². The van der Waals surface area contributed by atoms with Crippen LogP contribution in [0.15, 0.2) is 23.5 Å². The van der Waals surface area contributed by atoms with Crippen molar-refractivity contribution in [1.82, 2.24) is 25.1 Å². The highest BCUT2D eigenvalue weighted by atomic mass is 127. The molecule has 2 atom stereocenters. The fourth-order valence-corrected chi connectivity index (χ4v) is 4.13. The predicted octanol–water partition coefficient (Wildman–Crippen LogP) is 1.31. The molecule has 2 fully saturated rings. The fourth-order valence-electron chi connectivity index (χ4n) is 4.13. The van der Waals surface area contributed by atoms with Crippen molar-refractivity contribution in [2.24, 2.45) is 16.8 Å². The molecule has 31 heavy (non-hydrogen) atoms. The molecule has 1 aromatic rings. The number of carbonyl (C=O) groups excluding carboxylic acids is 1. The van der Waals surface area contributed by atoms with E-state index in [4.69, 9.17) is 9.73 Å². The van der Waals surface area contributed by atoms with Crippen LogP contribution in [-0.4, -0.2) is 97.7 Å². The molecule has 1 N–H and O–H groups in total. The summed E-state index contributed by atoms with van der Waals surface area (Å²) in [5.41, 5.74) is 0. The number of methoxy groups -OCH3 is 1. The quantitative estimate of drug-likeness (QED) is 0.181. The third-order valence-corrected chi connectivity index (χ3v) is 5.85. The molecule has 2 aliphatic rings. The van der Waals surface area contributed by atoms with Crippen molar-refractivity contribution in [2.45, 2.75) is 20.3 Å². The van der Waals surface area contributed by atoms with Gasteiger partial charge in [-0.15, -0.1) is 24.0 Å². The first-order valence-electron chi connectivity index (χ1n) is 11.0. The van der Waals surface area contributed by atoms with Crippen molar-refractivity contribution in [3.05, 3.63) is 18.5 Å². The van der Waals surface area contributed by atoms with Gasteiger partial charge in [0, 0.05) is 71.3 Å².